The zero-order chi connectivity index (χ0) is 18.0. The second-order valence-corrected chi connectivity index (χ2v) is 5.70. The van der Waals surface area contributed by atoms with Gasteiger partial charge >= 0.3 is 5.69 Å². The number of aryl methyl sites for hydroxylation is 2. The van der Waals surface area contributed by atoms with Gasteiger partial charge in [-0.2, -0.15) is 0 Å². The van der Waals surface area contributed by atoms with Gasteiger partial charge in [-0.15, -0.1) is 0 Å². The number of hydrogen-bond acceptors (Lipinski definition) is 4. The van der Waals surface area contributed by atoms with E-state index in [2.05, 4.69) is 0 Å². The Bertz CT molecular complexity index is 830. The van der Waals surface area contributed by atoms with Crippen LogP contribution in [0.4, 0.5) is 10.1 Å². The molecule has 0 amide bonds. The van der Waals surface area contributed by atoms with Gasteiger partial charge < -0.3 is 4.74 Å². The van der Waals surface area contributed by atoms with Crippen LogP contribution >= 0.6 is 0 Å². The van der Waals surface area contributed by atoms with Crippen molar-refractivity contribution in [1.82, 2.24) is 0 Å². The number of carbonyl (C=O) groups excluding carboxylic acids is 1. The fourth-order valence-electron chi connectivity index (χ4n) is 2.89. The van der Waals surface area contributed by atoms with Crippen LogP contribution in [0, 0.1) is 36.7 Å². The summed E-state index contributed by atoms with van der Waals surface area (Å²) in [5, 5.41) is 11.0. The average Bonchev–Trinajstić information content (AvgIpc) is 2.45. The van der Waals surface area contributed by atoms with E-state index in [1.807, 2.05) is 26.8 Å². The summed E-state index contributed by atoms with van der Waals surface area (Å²) >= 11 is 0. The monoisotopic (exact) mass is 331 g/mol. The van der Waals surface area contributed by atoms with E-state index < -0.39 is 10.7 Å². The molecule has 0 aliphatic heterocycles. The summed E-state index contributed by atoms with van der Waals surface area (Å²) in [4.78, 5) is 22.2. The summed E-state index contributed by atoms with van der Waals surface area (Å²) in [7, 11) is 0. The van der Waals surface area contributed by atoms with Crippen molar-refractivity contribution < 1.29 is 18.8 Å². The molecule has 0 aliphatic carbocycles. The van der Waals surface area contributed by atoms with Gasteiger partial charge in [0.1, 0.15) is 12.4 Å². The molecule has 0 spiro atoms. The molecule has 0 unspecified atom stereocenters. The minimum absolute atomic E-state index is 0.0164. The number of nitro benzene ring substituents is 1. The summed E-state index contributed by atoms with van der Waals surface area (Å²) in [5.41, 5.74) is 3.65. The van der Waals surface area contributed by atoms with E-state index in [0.29, 0.717) is 5.56 Å². The fourth-order valence-corrected chi connectivity index (χ4v) is 2.89. The highest BCUT2D eigenvalue weighted by Crippen LogP contribution is 2.30. The van der Waals surface area contributed by atoms with Crippen LogP contribution in [0.15, 0.2) is 24.3 Å². The molecular weight excluding hydrogens is 313 g/mol. The van der Waals surface area contributed by atoms with E-state index >= 15 is 0 Å². The van der Waals surface area contributed by atoms with Crippen LogP contribution in [-0.4, -0.2) is 10.7 Å². The summed E-state index contributed by atoms with van der Waals surface area (Å²) < 4.78 is 18.9. The number of Topliss-reactive ketones (excluding diaryl/α,β-unsaturated/α-hetero) is 1. The fraction of sp³-hybridized carbons (Fsp3) is 0.278. The molecule has 2 aromatic carbocycles. The van der Waals surface area contributed by atoms with Gasteiger partial charge in [0.25, 0.3) is 0 Å². The normalized spacial score (nSPS) is 10.5. The van der Waals surface area contributed by atoms with Crippen molar-refractivity contribution in [3.63, 3.8) is 0 Å². The molecule has 0 saturated carbocycles. The van der Waals surface area contributed by atoms with Crippen LogP contribution in [0.3, 0.4) is 0 Å². The van der Waals surface area contributed by atoms with Crippen LogP contribution in [0.25, 0.3) is 0 Å². The Balaban J connectivity index is 2.40. The molecule has 0 bridgehead atoms. The molecule has 0 aromatic heterocycles. The summed E-state index contributed by atoms with van der Waals surface area (Å²) in [6.07, 6.45) is 0. The summed E-state index contributed by atoms with van der Waals surface area (Å²) in [5.74, 6) is -0.802. The van der Waals surface area contributed by atoms with Crippen LogP contribution in [-0.2, 0) is 6.61 Å². The lowest BCUT2D eigenvalue weighted by Crippen LogP contribution is -2.09. The number of nitrogens with zero attached hydrogens (tertiary/aromatic N) is 1. The Hall–Kier alpha value is -2.76. The number of halogens is 1. The number of ether oxygens (including phenoxy) is 1. The topological polar surface area (TPSA) is 69.4 Å². The molecule has 0 atom stereocenters. The van der Waals surface area contributed by atoms with Crippen molar-refractivity contribution in [3.8, 4) is 5.75 Å². The Morgan fingerprint density at radius 3 is 2.46 bits per heavy atom. The molecular formula is C18H18FNO4. The maximum absolute atomic E-state index is 13.4. The lowest BCUT2D eigenvalue weighted by molar-refractivity contribution is -0.386. The second kappa shape index (κ2) is 6.78. The van der Waals surface area contributed by atoms with Crippen molar-refractivity contribution in [2.24, 2.45) is 0 Å². The van der Waals surface area contributed by atoms with Gasteiger partial charge in [0.05, 0.1) is 4.92 Å². The maximum atomic E-state index is 13.4. The number of hydrogen-bond donors (Lipinski definition) is 0. The standard InChI is InChI=1S/C18H18FNO4/c1-10-7-11(2)18(13(4)21)12(3)15(10)9-24-17-8-14(19)5-6-16(17)20(22)23/h5-8H,9H2,1-4H3. The molecule has 0 saturated heterocycles. The van der Waals surface area contributed by atoms with Crippen LogP contribution in [0.2, 0.25) is 0 Å². The first-order valence-corrected chi connectivity index (χ1v) is 7.39. The highest BCUT2D eigenvalue weighted by Gasteiger charge is 2.18. The smallest absolute Gasteiger partial charge is 0.311 e. The van der Waals surface area contributed by atoms with Gasteiger partial charge in [0.2, 0.25) is 0 Å². The lowest BCUT2D eigenvalue weighted by atomic mass is 9.92. The van der Waals surface area contributed by atoms with Gasteiger partial charge in [-0.1, -0.05) is 6.07 Å². The summed E-state index contributed by atoms with van der Waals surface area (Å²) in [6.45, 7) is 7.06. The van der Waals surface area contributed by atoms with E-state index in [0.717, 1.165) is 40.5 Å². The zero-order valence-corrected chi connectivity index (χ0v) is 14.0. The molecule has 0 radical (unpaired) electrons. The van der Waals surface area contributed by atoms with Crippen molar-refractivity contribution in [1.29, 1.82) is 0 Å². The van der Waals surface area contributed by atoms with Crippen LogP contribution < -0.4 is 4.74 Å². The van der Waals surface area contributed by atoms with Gasteiger partial charge in [-0.25, -0.2) is 4.39 Å². The van der Waals surface area contributed by atoms with Crippen molar-refractivity contribution in [3.05, 3.63) is 68.0 Å². The van der Waals surface area contributed by atoms with E-state index in [1.54, 1.807) is 0 Å². The number of ketones is 1. The van der Waals surface area contributed by atoms with E-state index in [-0.39, 0.29) is 23.8 Å². The Morgan fingerprint density at radius 2 is 1.88 bits per heavy atom. The highest BCUT2D eigenvalue weighted by molar-refractivity contribution is 5.97. The van der Waals surface area contributed by atoms with Crippen molar-refractivity contribution in [2.75, 3.05) is 0 Å². The molecule has 0 fully saturated rings. The van der Waals surface area contributed by atoms with E-state index in [1.165, 1.54) is 6.92 Å². The molecule has 24 heavy (non-hydrogen) atoms. The third-order valence-corrected chi connectivity index (χ3v) is 3.97. The van der Waals surface area contributed by atoms with Gasteiger partial charge in [0.15, 0.2) is 11.5 Å². The number of benzene rings is 2. The molecule has 126 valence electrons. The number of nitro groups is 1. The highest BCUT2D eigenvalue weighted by atomic mass is 19.1. The van der Waals surface area contributed by atoms with Crippen LogP contribution in [0.5, 0.6) is 5.75 Å². The van der Waals surface area contributed by atoms with Gasteiger partial charge in [0, 0.05) is 17.7 Å². The Kier molecular flexibility index (Phi) is 4.97. The number of rotatable bonds is 5. The Morgan fingerprint density at radius 1 is 1.21 bits per heavy atom. The lowest BCUT2D eigenvalue weighted by Gasteiger charge is -2.16. The number of carbonyl (C=O) groups is 1. The molecule has 0 heterocycles. The second-order valence-electron chi connectivity index (χ2n) is 5.70. The molecule has 0 aliphatic rings. The minimum Gasteiger partial charge on any atom is -0.482 e. The molecule has 2 aromatic rings. The van der Waals surface area contributed by atoms with Crippen molar-refractivity contribution in [2.45, 2.75) is 34.3 Å². The van der Waals surface area contributed by atoms with Crippen LogP contribution in [0.1, 0.15) is 39.5 Å². The third-order valence-electron chi connectivity index (χ3n) is 3.97. The quantitative estimate of drug-likeness (QED) is 0.461. The summed E-state index contributed by atoms with van der Waals surface area (Å²) in [6, 6.07) is 4.95. The van der Waals surface area contributed by atoms with E-state index in [9.17, 15) is 19.3 Å². The zero-order valence-electron chi connectivity index (χ0n) is 14.0. The first-order valence-electron chi connectivity index (χ1n) is 7.39. The molecule has 2 rings (SSSR count). The minimum atomic E-state index is -0.620. The largest absolute Gasteiger partial charge is 0.482 e. The Labute approximate surface area is 139 Å². The predicted octanol–water partition coefficient (Wildman–Crippen LogP) is 4.44. The molecule has 6 heteroatoms. The van der Waals surface area contributed by atoms with Gasteiger partial charge in [-0.05, 0) is 56.0 Å². The molecule has 5 nitrogen and oxygen atoms in total. The van der Waals surface area contributed by atoms with E-state index in [4.69, 9.17) is 4.74 Å². The first kappa shape index (κ1) is 17.6. The predicted molar refractivity (Wildman–Crippen MR) is 88.0 cm³/mol. The first-order chi connectivity index (χ1) is 11.2. The maximum Gasteiger partial charge on any atom is 0.311 e. The third kappa shape index (κ3) is 3.42. The average molecular weight is 331 g/mol. The van der Waals surface area contributed by atoms with Gasteiger partial charge in [-0.3, -0.25) is 14.9 Å². The van der Waals surface area contributed by atoms with Crippen molar-refractivity contribution >= 4 is 11.5 Å². The molecule has 0 N–H and O–H groups in total. The SMILES string of the molecule is CC(=O)c1c(C)cc(C)c(COc2cc(F)ccc2[N+](=O)[O-])c1C.